The average molecular weight is 353 g/mol. The Hall–Kier alpha value is -1.30. The lowest BCUT2D eigenvalue weighted by Crippen LogP contribution is -2.46. The summed E-state index contributed by atoms with van der Waals surface area (Å²) in [5.74, 6) is 0.169. The third-order valence-electron chi connectivity index (χ3n) is 5.30. The molecule has 0 radical (unpaired) electrons. The van der Waals surface area contributed by atoms with Gasteiger partial charge in [0, 0.05) is 31.1 Å². The first-order valence-electron chi connectivity index (χ1n) is 10.2. The lowest BCUT2D eigenvalue weighted by Gasteiger charge is -2.28. The van der Waals surface area contributed by atoms with E-state index in [4.69, 9.17) is 0 Å². The summed E-state index contributed by atoms with van der Waals surface area (Å²) in [5, 5.41) is 12.5. The van der Waals surface area contributed by atoms with Crippen LogP contribution in [0.25, 0.3) is 0 Å². The molecule has 2 rings (SSSR count). The monoisotopic (exact) mass is 352 g/mol. The number of hydrogen-bond donors (Lipinski definition) is 4. The van der Waals surface area contributed by atoms with E-state index in [1.165, 1.54) is 19.3 Å². The second kappa shape index (κ2) is 11.3. The standard InChI is InChI=1S/C19H36N4O2/c1-15-14-17(11-13-20-15)22-18(24)10-6-3-7-12-21-19(25)23-16-8-4-2-5-9-16/h15-17,20H,2-14H2,1H3,(H,22,24)(H2,21,23,25). The summed E-state index contributed by atoms with van der Waals surface area (Å²) < 4.78 is 0. The first-order valence-corrected chi connectivity index (χ1v) is 10.2. The van der Waals surface area contributed by atoms with Crippen LogP contribution in [0.15, 0.2) is 0 Å². The second-order valence-corrected chi connectivity index (χ2v) is 7.69. The lowest BCUT2D eigenvalue weighted by atomic mass is 9.96. The first-order chi connectivity index (χ1) is 12.1. The van der Waals surface area contributed by atoms with Crippen LogP contribution in [0.2, 0.25) is 0 Å². The maximum Gasteiger partial charge on any atom is 0.315 e. The van der Waals surface area contributed by atoms with Gasteiger partial charge < -0.3 is 21.3 Å². The van der Waals surface area contributed by atoms with Gasteiger partial charge in [-0.2, -0.15) is 0 Å². The predicted octanol–water partition coefficient (Wildman–Crippen LogP) is 2.44. The molecular formula is C19H36N4O2. The van der Waals surface area contributed by atoms with Crippen molar-refractivity contribution in [3.63, 3.8) is 0 Å². The smallest absolute Gasteiger partial charge is 0.315 e. The summed E-state index contributed by atoms with van der Waals surface area (Å²) in [6.07, 6.45) is 11.4. The van der Waals surface area contributed by atoms with Gasteiger partial charge in [-0.1, -0.05) is 25.7 Å². The molecule has 0 aromatic rings. The number of hydrogen-bond acceptors (Lipinski definition) is 3. The Morgan fingerprint density at radius 2 is 1.76 bits per heavy atom. The van der Waals surface area contributed by atoms with E-state index in [1.54, 1.807) is 0 Å². The number of urea groups is 1. The molecule has 3 amide bonds. The van der Waals surface area contributed by atoms with Gasteiger partial charge in [0.05, 0.1) is 0 Å². The van der Waals surface area contributed by atoms with E-state index in [0.29, 0.717) is 31.1 Å². The predicted molar refractivity (Wildman–Crippen MR) is 101 cm³/mol. The SMILES string of the molecule is CC1CC(NC(=O)CCCCCNC(=O)NC2CCCCC2)CCN1. The highest BCUT2D eigenvalue weighted by Gasteiger charge is 2.19. The molecule has 6 nitrogen and oxygen atoms in total. The molecule has 25 heavy (non-hydrogen) atoms. The molecule has 1 heterocycles. The number of rotatable bonds is 8. The van der Waals surface area contributed by atoms with Crippen LogP contribution in [0.1, 0.15) is 77.6 Å². The minimum atomic E-state index is -0.0373. The number of piperidine rings is 1. The van der Waals surface area contributed by atoms with Crippen molar-refractivity contribution in [3.8, 4) is 0 Å². The van der Waals surface area contributed by atoms with E-state index >= 15 is 0 Å². The number of amides is 3. The highest BCUT2D eigenvalue weighted by molar-refractivity contribution is 5.76. The van der Waals surface area contributed by atoms with Gasteiger partial charge in [-0.15, -0.1) is 0 Å². The van der Waals surface area contributed by atoms with Crippen molar-refractivity contribution >= 4 is 11.9 Å². The van der Waals surface area contributed by atoms with E-state index in [-0.39, 0.29) is 11.9 Å². The molecule has 0 bridgehead atoms. The zero-order valence-electron chi connectivity index (χ0n) is 15.7. The molecule has 0 spiro atoms. The van der Waals surface area contributed by atoms with Gasteiger partial charge in [-0.05, 0) is 52.0 Å². The van der Waals surface area contributed by atoms with Crippen molar-refractivity contribution in [2.24, 2.45) is 0 Å². The first kappa shape index (κ1) is 20.0. The van der Waals surface area contributed by atoms with Crippen LogP contribution in [0.5, 0.6) is 0 Å². The van der Waals surface area contributed by atoms with Gasteiger partial charge in [0.25, 0.3) is 0 Å². The van der Waals surface area contributed by atoms with Gasteiger partial charge in [0.1, 0.15) is 0 Å². The van der Waals surface area contributed by atoms with Crippen LogP contribution in [0.4, 0.5) is 4.79 Å². The van der Waals surface area contributed by atoms with E-state index in [0.717, 1.165) is 51.5 Å². The van der Waals surface area contributed by atoms with Crippen LogP contribution in [-0.2, 0) is 4.79 Å². The Balaban J connectivity index is 1.43. The largest absolute Gasteiger partial charge is 0.353 e. The van der Waals surface area contributed by atoms with Gasteiger partial charge in [-0.3, -0.25) is 4.79 Å². The molecule has 2 unspecified atom stereocenters. The average Bonchev–Trinajstić information content (AvgIpc) is 2.59. The summed E-state index contributed by atoms with van der Waals surface area (Å²) in [6.45, 7) is 3.84. The van der Waals surface area contributed by atoms with Crippen LogP contribution < -0.4 is 21.3 Å². The summed E-state index contributed by atoms with van der Waals surface area (Å²) >= 11 is 0. The summed E-state index contributed by atoms with van der Waals surface area (Å²) in [6, 6.07) is 1.14. The molecule has 1 aliphatic carbocycles. The fraction of sp³-hybridized carbons (Fsp3) is 0.895. The van der Waals surface area contributed by atoms with Crippen LogP contribution >= 0.6 is 0 Å². The molecule has 1 saturated heterocycles. The van der Waals surface area contributed by atoms with E-state index in [9.17, 15) is 9.59 Å². The fourth-order valence-corrected chi connectivity index (χ4v) is 3.84. The zero-order valence-corrected chi connectivity index (χ0v) is 15.7. The van der Waals surface area contributed by atoms with Crippen molar-refractivity contribution in [2.45, 2.75) is 95.7 Å². The molecule has 2 aliphatic rings. The summed E-state index contributed by atoms with van der Waals surface area (Å²) in [4.78, 5) is 23.8. The molecule has 0 aromatic heterocycles. The van der Waals surface area contributed by atoms with E-state index in [2.05, 4.69) is 28.2 Å². The Morgan fingerprint density at radius 1 is 0.960 bits per heavy atom. The third kappa shape index (κ3) is 8.56. The Labute approximate surface area is 152 Å². The van der Waals surface area contributed by atoms with Crippen molar-refractivity contribution < 1.29 is 9.59 Å². The summed E-state index contributed by atoms with van der Waals surface area (Å²) in [7, 11) is 0. The minimum Gasteiger partial charge on any atom is -0.353 e. The number of nitrogens with one attached hydrogen (secondary N) is 4. The van der Waals surface area contributed by atoms with Crippen molar-refractivity contribution in [2.75, 3.05) is 13.1 Å². The van der Waals surface area contributed by atoms with Gasteiger partial charge >= 0.3 is 6.03 Å². The molecule has 2 atom stereocenters. The van der Waals surface area contributed by atoms with Crippen LogP contribution in [0, 0.1) is 0 Å². The molecular weight excluding hydrogens is 316 g/mol. The van der Waals surface area contributed by atoms with Crippen LogP contribution in [0.3, 0.4) is 0 Å². The molecule has 144 valence electrons. The summed E-state index contributed by atoms with van der Waals surface area (Å²) in [5.41, 5.74) is 0. The highest BCUT2D eigenvalue weighted by atomic mass is 16.2. The second-order valence-electron chi connectivity index (χ2n) is 7.69. The number of unbranched alkanes of at least 4 members (excludes halogenated alkanes) is 2. The van der Waals surface area contributed by atoms with Crippen LogP contribution in [-0.4, -0.2) is 43.2 Å². The quantitative estimate of drug-likeness (QED) is 0.506. The number of carbonyl (C=O) groups excluding carboxylic acids is 2. The van der Waals surface area contributed by atoms with Crippen molar-refractivity contribution in [3.05, 3.63) is 0 Å². The Bertz CT molecular complexity index is 410. The van der Waals surface area contributed by atoms with Crippen molar-refractivity contribution in [1.29, 1.82) is 0 Å². The van der Waals surface area contributed by atoms with Gasteiger partial charge in [0.2, 0.25) is 5.91 Å². The maximum absolute atomic E-state index is 12.0. The van der Waals surface area contributed by atoms with E-state index in [1.807, 2.05) is 0 Å². The Morgan fingerprint density at radius 3 is 2.52 bits per heavy atom. The number of carbonyl (C=O) groups is 2. The maximum atomic E-state index is 12.0. The lowest BCUT2D eigenvalue weighted by molar-refractivity contribution is -0.122. The highest BCUT2D eigenvalue weighted by Crippen LogP contribution is 2.17. The molecule has 1 saturated carbocycles. The van der Waals surface area contributed by atoms with Gasteiger partial charge in [0.15, 0.2) is 0 Å². The topological polar surface area (TPSA) is 82.3 Å². The van der Waals surface area contributed by atoms with Gasteiger partial charge in [-0.25, -0.2) is 4.79 Å². The van der Waals surface area contributed by atoms with E-state index < -0.39 is 0 Å². The third-order valence-corrected chi connectivity index (χ3v) is 5.30. The normalized spacial score (nSPS) is 24.5. The molecule has 6 heteroatoms. The molecule has 1 aliphatic heterocycles. The molecule has 4 N–H and O–H groups in total. The fourth-order valence-electron chi connectivity index (χ4n) is 3.84. The van der Waals surface area contributed by atoms with Crippen molar-refractivity contribution in [1.82, 2.24) is 21.3 Å². The molecule has 2 fully saturated rings. The molecule has 0 aromatic carbocycles. The zero-order chi connectivity index (χ0) is 17.9. The minimum absolute atomic E-state index is 0.0373. The Kier molecular flexibility index (Phi) is 9.08.